The van der Waals surface area contributed by atoms with Gasteiger partial charge in [-0.05, 0) is 7.11 Å². The van der Waals surface area contributed by atoms with Crippen LogP contribution in [0.4, 0.5) is 0 Å². The van der Waals surface area contributed by atoms with Gasteiger partial charge in [-0.1, -0.05) is 14.4 Å². The van der Waals surface area contributed by atoms with Crippen LogP contribution in [-0.4, -0.2) is 7.11 Å². The quantitative estimate of drug-likeness (QED) is 0.586. The van der Waals surface area contributed by atoms with Crippen LogP contribution in [0, 0.1) is 6.61 Å². The second-order valence-electron chi connectivity index (χ2n) is 0.811. The number of hydrogen-bond donors (Lipinski definition) is 0. The maximum absolute atomic E-state index is 4.57. The summed E-state index contributed by atoms with van der Waals surface area (Å²) < 4.78 is 4.57. The van der Waals surface area contributed by atoms with E-state index in [1.54, 1.807) is 13.7 Å². The van der Waals surface area contributed by atoms with Crippen LogP contribution in [-0.2, 0) is 37.4 Å². The molecule has 0 unspecified atom stereocenters. The first-order valence-corrected chi connectivity index (χ1v) is 1.76. The van der Waals surface area contributed by atoms with Crippen LogP contribution in [0.1, 0.15) is 20.8 Å². The number of rotatable bonds is 2. The van der Waals surface area contributed by atoms with E-state index in [0.29, 0.717) is 0 Å². The van der Waals surface area contributed by atoms with Gasteiger partial charge in [-0.2, -0.15) is 6.42 Å². The van der Waals surface area contributed by atoms with Gasteiger partial charge >= 0.3 is 0 Å². The largest absolute Gasteiger partial charge is 0.554 e. The third-order valence-corrected chi connectivity index (χ3v) is 0.333. The van der Waals surface area contributed by atoms with E-state index in [4.69, 9.17) is 0 Å². The average Bonchev–Trinajstić information content (AvgIpc) is 1.41. The van der Waals surface area contributed by atoms with E-state index >= 15 is 0 Å². The zero-order valence-electron chi connectivity index (χ0n) is 4.27. The van der Waals surface area contributed by atoms with Crippen molar-refractivity contribution in [2.45, 2.75) is 20.8 Å². The minimum absolute atomic E-state index is 0. The monoisotopic (exact) mass is 178 g/mol. The molecule has 0 fully saturated rings. The fraction of sp³-hybridized carbons (Fsp3) is 0.800. The molecule has 0 amide bonds. The average molecular weight is 178 g/mol. The Hall–Kier alpha value is 1.06. The molecule has 0 aliphatic heterocycles. The summed E-state index contributed by atoms with van der Waals surface area (Å²) in [5.74, 6) is 0. The predicted molar refractivity (Wildman–Crippen MR) is 28.3 cm³/mol. The number of methoxy groups -OCH3 is 1. The summed E-state index contributed by atoms with van der Waals surface area (Å²) in [5.41, 5.74) is 0. The molecule has 0 aromatic carbocycles. The predicted octanol–water partition coefficient (Wildman–Crippen LogP) is 1.84. The van der Waals surface area contributed by atoms with Crippen LogP contribution in [0.15, 0.2) is 0 Å². The fourth-order valence-corrected chi connectivity index (χ4v) is 0.167. The van der Waals surface area contributed by atoms with E-state index in [2.05, 4.69) is 4.74 Å². The van der Waals surface area contributed by atoms with Gasteiger partial charge in [0.25, 0.3) is 0 Å². The molecule has 0 spiro atoms. The zero-order valence-corrected chi connectivity index (χ0v) is 7.11. The summed E-state index contributed by atoms with van der Waals surface area (Å²) in [5, 5.41) is 0. The summed E-state index contributed by atoms with van der Waals surface area (Å²) in [6.45, 7) is 3.78. The molecule has 0 heterocycles. The Morgan fingerprint density at radius 2 is 2.00 bits per heavy atom. The van der Waals surface area contributed by atoms with Gasteiger partial charge in [-0.25, -0.2) is 6.61 Å². The van der Waals surface area contributed by atoms with Crippen LogP contribution < -0.4 is 0 Å². The molecule has 1 nitrogen and oxygen atoms in total. The van der Waals surface area contributed by atoms with Crippen LogP contribution >= 0.6 is 0 Å². The van der Waals surface area contributed by atoms with Gasteiger partial charge in [0.1, 0.15) is 0 Å². The Kier molecular flexibility index (Phi) is 35.3. The summed E-state index contributed by atoms with van der Waals surface area (Å²) in [7, 11) is 1.66. The SMILES string of the molecule is C.CC[CH-]OC.[Y]. The van der Waals surface area contributed by atoms with Crippen molar-refractivity contribution in [3.05, 3.63) is 6.61 Å². The first kappa shape index (κ1) is 15.7. The van der Waals surface area contributed by atoms with Gasteiger partial charge in [0.2, 0.25) is 0 Å². The molecule has 0 aliphatic carbocycles. The molecule has 0 aliphatic rings. The Morgan fingerprint density at radius 1 is 1.57 bits per heavy atom. The maximum Gasteiger partial charge on any atom is 0 e. The van der Waals surface area contributed by atoms with E-state index in [0.717, 1.165) is 6.42 Å². The number of ether oxygens (including phenoxy) is 1. The molecule has 2 heteroatoms. The number of hydrogen-bond acceptors (Lipinski definition) is 1. The Morgan fingerprint density at radius 3 is 2.00 bits per heavy atom. The molecular weight excluding hydrogens is 165 g/mol. The van der Waals surface area contributed by atoms with Gasteiger partial charge in [0.05, 0.1) is 0 Å². The van der Waals surface area contributed by atoms with Crippen molar-refractivity contribution in [1.82, 2.24) is 0 Å². The molecule has 0 saturated heterocycles. The van der Waals surface area contributed by atoms with Crippen LogP contribution in [0.2, 0.25) is 0 Å². The second kappa shape index (κ2) is 15.7. The van der Waals surface area contributed by atoms with Crippen LogP contribution in [0.5, 0.6) is 0 Å². The smallest absolute Gasteiger partial charge is 0 e. The minimum atomic E-state index is 0. The molecule has 0 atom stereocenters. The van der Waals surface area contributed by atoms with Crippen molar-refractivity contribution in [2.24, 2.45) is 0 Å². The third kappa shape index (κ3) is 19.3. The zero-order chi connectivity index (χ0) is 4.12. The molecule has 43 valence electrons. The molecule has 0 rings (SSSR count). The van der Waals surface area contributed by atoms with Gasteiger partial charge in [0.15, 0.2) is 0 Å². The van der Waals surface area contributed by atoms with Crippen LogP contribution in [0.3, 0.4) is 0 Å². The third-order valence-electron chi connectivity index (χ3n) is 0.333. The van der Waals surface area contributed by atoms with Gasteiger partial charge in [-0.15, -0.1) is 0 Å². The van der Waals surface area contributed by atoms with Crippen molar-refractivity contribution in [2.75, 3.05) is 7.11 Å². The molecule has 0 N–H and O–H groups in total. The van der Waals surface area contributed by atoms with Gasteiger partial charge in [-0.3, -0.25) is 0 Å². The Labute approximate surface area is 71.7 Å². The van der Waals surface area contributed by atoms with E-state index < -0.39 is 0 Å². The van der Waals surface area contributed by atoms with Crippen molar-refractivity contribution in [3.8, 4) is 0 Å². The summed E-state index contributed by atoms with van der Waals surface area (Å²) in [6, 6.07) is 0. The molecule has 1 radical (unpaired) electrons. The van der Waals surface area contributed by atoms with Crippen molar-refractivity contribution < 1.29 is 37.4 Å². The Balaban J connectivity index is -0.0000000800. The second-order valence-corrected chi connectivity index (χ2v) is 0.811. The molecule has 0 bridgehead atoms. The standard InChI is InChI=1S/C4H9O.CH4.Y/c1-3-4-5-2;;/h4H,3H2,1-2H3;1H4;/q-1;;. The molecule has 0 aromatic rings. The van der Waals surface area contributed by atoms with Crippen molar-refractivity contribution in [1.29, 1.82) is 0 Å². The van der Waals surface area contributed by atoms with E-state index in [1.807, 2.05) is 6.92 Å². The topological polar surface area (TPSA) is 9.23 Å². The molecular formula is C5H13OY-. The first-order chi connectivity index (χ1) is 2.41. The minimum Gasteiger partial charge on any atom is -0.554 e. The normalized spacial score (nSPS) is 6.00. The first-order valence-electron chi connectivity index (χ1n) is 1.76. The van der Waals surface area contributed by atoms with Crippen molar-refractivity contribution in [3.63, 3.8) is 0 Å². The Bertz CT molecular complexity index is 15.6. The summed E-state index contributed by atoms with van der Waals surface area (Å²) >= 11 is 0. The van der Waals surface area contributed by atoms with Crippen LogP contribution in [0.25, 0.3) is 0 Å². The summed E-state index contributed by atoms with van der Waals surface area (Å²) in [6.07, 6.45) is 0.997. The van der Waals surface area contributed by atoms with Gasteiger partial charge in [0, 0.05) is 32.7 Å². The molecule has 7 heavy (non-hydrogen) atoms. The van der Waals surface area contributed by atoms with E-state index in [1.165, 1.54) is 0 Å². The molecule has 0 aromatic heterocycles. The van der Waals surface area contributed by atoms with E-state index in [-0.39, 0.29) is 40.1 Å². The fourth-order valence-electron chi connectivity index (χ4n) is 0.167. The molecule has 0 saturated carbocycles. The summed E-state index contributed by atoms with van der Waals surface area (Å²) in [4.78, 5) is 0. The van der Waals surface area contributed by atoms with Crippen molar-refractivity contribution >= 4 is 0 Å². The van der Waals surface area contributed by atoms with E-state index in [9.17, 15) is 0 Å². The van der Waals surface area contributed by atoms with Gasteiger partial charge < -0.3 is 4.74 Å². The maximum atomic E-state index is 4.57.